The third kappa shape index (κ3) is 1.86. The van der Waals surface area contributed by atoms with E-state index in [1.165, 1.54) is 0 Å². The molecule has 1 atom stereocenters. The Kier molecular flexibility index (Phi) is 2.38. The van der Waals surface area contributed by atoms with Crippen LogP contribution in [0.3, 0.4) is 0 Å². The van der Waals surface area contributed by atoms with Crippen molar-refractivity contribution in [3.63, 3.8) is 0 Å². The summed E-state index contributed by atoms with van der Waals surface area (Å²) < 4.78 is 0. The number of carbonyl (C=O) groups is 2. The lowest BCUT2D eigenvalue weighted by atomic mass is 9.84. The third-order valence-corrected chi connectivity index (χ3v) is 2.14. The van der Waals surface area contributed by atoms with Gasteiger partial charge in [0.05, 0.1) is 0 Å². The molecule has 1 aliphatic rings. The first kappa shape index (κ1) is 9.73. The van der Waals surface area contributed by atoms with Crippen molar-refractivity contribution in [2.45, 2.75) is 24.8 Å². The maximum Gasteiger partial charge on any atom is 0.331 e. The number of rotatable bonds is 2. The second kappa shape index (κ2) is 3.18. The summed E-state index contributed by atoms with van der Waals surface area (Å²) in [4.78, 5) is 21.2. The highest BCUT2D eigenvalue weighted by molar-refractivity contribution is 5.90. The Labute approximate surface area is 74.8 Å². The van der Waals surface area contributed by atoms with Crippen LogP contribution >= 0.6 is 0 Å². The first-order valence-corrected chi connectivity index (χ1v) is 3.93. The second-order valence-electron chi connectivity index (χ2n) is 3.17. The minimum absolute atomic E-state index is 0.0937. The molecule has 0 saturated carbocycles. The molecule has 5 nitrogen and oxygen atoms in total. The molecule has 0 aromatic rings. The second-order valence-corrected chi connectivity index (χ2v) is 3.17. The van der Waals surface area contributed by atoms with E-state index in [1.54, 1.807) is 0 Å². The van der Waals surface area contributed by atoms with Crippen molar-refractivity contribution in [3.05, 3.63) is 11.6 Å². The minimum Gasteiger partial charge on any atom is -0.480 e. The molecule has 0 spiro atoms. The quantitative estimate of drug-likeness (QED) is 0.560. The van der Waals surface area contributed by atoms with E-state index in [0.717, 1.165) is 6.08 Å². The Bertz CT molecular complexity index is 284. The zero-order valence-corrected chi connectivity index (χ0v) is 6.99. The number of hydrogen-bond donors (Lipinski definition) is 3. The fourth-order valence-corrected chi connectivity index (χ4v) is 1.36. The summed E-state index contributed by atoms with van der Waals surface area (Å²) in [7, 11) is 0. The van der Waals surface area contributed by atoms with Crippen LogP contribution in [0.5, 0.6) is 0 Å². The van der Waals surface area contributed by atoms with E-state index in [4.69, 9.17) is 15.9 Å². The molecular formula is C8H11NO4. The lowest BCUT2D eigenvalue weighted by Gasteiger charge is -2.25. The molecular weight excluding hydrogens is 174 g/mol. The van der Waals surface area contributed by atoms with Gasteiger partial charge < -0.3 is 15.9 Å². The molecule has 0 bridgehead atoms. The van der Waals surface area contributed by atoms with Gasteiger partial charge in [-0.1, -0.05) is 0 Å². The van der Waals surface area contributed by atoms with Gasteiger partial charge in [0.2, 0.25) is 0 Å². The standard InChI is InChI=1S/C8H11NO4/c9-8(7(12)13)3-1-2-5(4-8)6(10)11/h4H,1-3,9H2,(H,10,11)(H,12,13)/t8-/m1/s1. The van der Waals surface area contributed by atoms with E-state index in [-0.39, 0.29) is 5.57 Å². The van der Waals surface area contributed by atoms with Gasteiger partial charge in [-0.05, 0) is 25.3 Å². The lowest BCUT2D eigenvalue weighted by Crippen LogP contribution is -2.48. The summed E-state index contributed by atoms with van der Waals surface area (Å²) in [6, 6.07) is 0. The summed E-state index contributed by atoms with van der Waals surface area (Å²) in [5, 5.41) is 17.4. The van der Waals surface area contributed by atoms with E-state index in [9.17, 15) is 9.59 Å². The Morgan fingerprint density at radius 3 is 2.54 bits per heavy atom. The van der Waals surface area contributed by atoms with Crippen molar-refractivity contribution in [1.29, 1.82) is 0 Å². The molecule has 0 aliphatic heterocycles. The van der Waals surface area contributed by atoms with Crippen LogP contribution < -0.4 is 5.73 Å². The molecule has 0 fully saturated rings. The van der Waals surface area contributed by atoms with Crippen LogP contribution in [-0.4, -0.2) is 27.7 Å². The van der Waals surface area contributed by atoms with Crippen molar-refractivity contribution in [2.24, 2.45) is 5.73 Å². The molecule has 0 aromatic carbocycles. The van der Waals surface area contributed by atoms with Crippen LogP contribution in [-0.2, 0) is 9.59 Å². The third-order valence-electron chi connectivity index (χ3n) is 2.14. The summed E-state index contributed by atoms with van der Waals surface area (Å²) in [6.45, 7) is 0. The van der Waals surface area contributed by atoms with E-state index >= 15 is 0 Å². The highest BCUT2D eigenvalue weighted by Gasteiger charge is 2.35. The fraction of sp³-hybridized carbons (Fsp3) is 0.500. The first-order valence-electron chi connectivity index (χ1n) is 3.93. The first-order chi connectivity index (χ1) is 5.96. The zero-order chi connectivity index (χ0) is 10.1. The topological polar surface area (TPSA) is 101 Å². The molecule has 72 valence electrons. The Hall–Kier alpha value is -1.36. The lowest BCUT2D eigenvalue weighted by molar-refractivity contribution is -0.141. The van der Waals surface area contributed by atoms with Gasteiger partial charge in [-0.15, -0.1) is 0 Å². The minimum atomic E-state index is -1.49. The molecule has 0 amide bonds. The maximum atomic E-state index is 10.7. The predicted molar refractivity (Wildman–Crippen MR) is 44.1 cm³/mol. The number of hydrogen-bond acceptors (Lipinski definition) is 3. The molecule has 4 N–H and O–H groups in total. The normalized spacial score (nSPS) is 27.9. The molecule has 13 heavy (non-hydrogen) atoms. The zero-order valence-electron chi connectivity index (χ0n) is 6.99. The molecule has 0 unspecified atom stereocenters. The average molecular weight is 185 g/mol. The molecule has 0 radical (unpaired) electrons. The van der Waals surface area contributed by atoms with Crippen molar-refractivity contribution in [3.8, 4) is 0 Å². The van der Waals surface area contributed by atoms with E-state index < -0.39 is 17.5 Å². The predicted octanol–water partition coefficient (Wildman–Crippen LogP) is -0.0366. The van der Waals surface area contributed by atoms with Crippen molar-refractivity contribution < 1.29 is 19.8 Å². The van der Waals surface area contributed by atoms with Crippen LogP contribution in [0.1, 0.15) is 19.3 Å². The highest BCUT2D eigenvalue weighted by Crippen LogP contribution is 2.24. The van der Waals surface area contributed by atoms with Gasteiger partial charge in [0.25, 0.3) is 0 Å². The molecule has 1 aliphatic carbocycles. The average Bonchev–Trinajstić information content (AvgIpc) is 2.04. The van der Waals surface area contributed by atoms with Gasteiger partial charge in [-0.2, -0.15) is 0 Å². The van der Waals surface area contributed by atoms with Crippen LogP contribution in [0.2, 0.25) is 0 Å². The van der Waals surface area contributed by atoms with Crippen molar-refractivity contribution >= 4 is 11.9 Å². The number of aliphatic carboxylic acids is 2. The van der Waals surface area contributed by atoms with Crippen LogP contribution in [0.15, 0.2) is 11.6 Å². The van der Waals surface area contributed by atoms with E-state index in [1.807, 2.05) is 0 Å². The smallest absolute Gasteiger partial charge is 0.331 e. The van der Waals surface area contributed by atoms with Crippen LogP contribution in [0, 0.1) is 0 Å². The Morgan fingerprint density at radius 2 is 2.08 bits per heavy atom. The van der Waals surface area contributed by atoms with Crippen molar-refractivity contribution in [1.82, 2.24) is 0 Å². The largest absolute Gasteiger partial charge is 0.480 e. The van der Waals surface area contributed by atoms with Gasteiger partial charge in [-0.25, -0.2) is 9.59 Å². The maximum absolute atomic E-state index is 10.7. The SMILES string of the molecule is N[C@@]1(C(=O)O)C=C(C(=O)O)CCC1. The van der Waals surface area contributed by atoms with Crippen molar-refractivity contribution in [2.75, 3.05) is 0 Å². The highest BCUT2D eigenvalue weighted by atomic mass is 16.4. The van der Waals surface area contributed by atoms with Crippen LogP contribution in [0.4, 0.5) is 0 Å². The Balaban J connectivity index is 2.97. The summed E-state index contributed by atoms with van der Waals surface area (Å²) in [5.74, 6) is -2.26. The van der Waals surface area contributed by atoms with E-state index in [2.05, 4.69) is 0 Å². The summed E-state index contributed by atoms with van der Waals surface area (Å²) in [5.41, 5.74) is 4.09. The molecule has 0 saturated heterocycles. The Morgan fingerprint density at radius 1 is 1.46 bits per heavy atom. The van der Waals surface area contributed by atoms with Crippen LogP contribution in [0.25, 0.3) is 0 Å². The summed E-state index contributed by atoms with van der Waals surface area (Å²) in [6.07, 6.45) is 2.32. The summed E-state index contributed by atoms with van der Waals surface area (Å²) >= 11 is 0. The van der Waals surface area contributed by atoms with E-state index in [0.29, 0.717) is 19.3 Å². The number of nitrogens with two attached hydrogens (primary N) is 1. The van der Waals surface area contributed by atoms with Gasteiger partial charge >= 0.3 is 11.9 Å². The van der Waals surface area contributed by atoms with Gasteiger partial charge in [0, 0.05) is 5.57 Å². The fourth-order valence-electron chi connectivity index (χ4n) is 1.36. The van der Waals surface area contributed by atoms with Gasteiger partial charge in [0.1, 0.15) is 5.54 Å². The monoisotopic (exact) mass is 185 g/mol. The number of carboxylic acid groups (broad SMARTS) is 2. The molecule has 0 heterocycles. The molecule has 0 aromatic heterocycles. The molecule has 5 heteroatoms. The number of carboxylic acids is 2. The molecule has 1 rings (SSSR count). The van der Waals surface area contributed by atoms with Gasteiger partial charge in [-0.3, -0.25) is 0 Å². The van der Waals surface area contributed by atoms with Gasteiger partial charge in [0.15, 0.2) is 0 Å².